The van der Waals surface area contributed by atoms with Gasteiger partial charge in [-0.25, -0.2) is 18.4 Å². The lowest BCUT2D eigenvalue weighted by Gasteiger charge is -2.21. The molecule has 1 aliphatic rings. The summed E-state index contributed by atoms with van der Waals surface area (Å²) < 4.78 is 31.9. The third-order valence-corrected chi connectivity index (χ3v) is 7.88. The molecule has 1 saturated carbocycles. The number of thiazole rings is 1. The summed E-state index contributed by atoms with van der Waals surface area (Å²) in [4.78, 5) is 25.8. The summed E-state index contributed by atoms with van der Waals surface area (Å²) in [6.07, 6.45) is 4.51. The lowest BCUT2D eigenvalue weighted by atomic mass is 9.89. The van der Waals surface area contributed by atoms with Crippen LogP contribution in [0.15, 0.2) is 42.0 Å². The predicted molar refractivity (Wildman–Crippen MR) is 123 cm³/mol. The first kappa shape index (κ1) is 22.2. The van der Waals surface area contributed by atoms with Crippen LogP contribution in [0.4, 0.5) is 10.8 Å². The van der Waals surface area contributed by atoms with Crippen molar-refractivity contribution in [2.24, 2.45) is 0 Å². The highest BCUT2D eigenvalue weighted by Gasteiger charge is 2.37. The molecular weight excluding hydrogens is 450 g/mol. The molecule has 1 aliphatic carbocycles. The summed E-state index contributed by atoms with van der Waals surface area (Å²) in [6, 6.07) is 7.22. The van der Waals surface area contributed by atoms with Gasteiger partial charge >= 0.3 is 0 Å². The van der Waals surface area contributed by atoms with Crippen molar-refractivity contribution < 1.29 is 17.9 Å². The van der Waals surface area contributed by atoms with E-state index in [1.165, 1.54) is 24.6 Å². The van der Waals surface area contributed by atoms with Gasteiger partial charge in [0, 0.05) is 16.6 Å². The van der Waals surface area contributed by atoms with E-state index in [-0.39, 0.29) is 16.3 Å². The smallest absolute Gasteiger partial charge is 0.237 e. The number of aromatic nitrogens is 3. The Morgan fingerprint density at radius 3 is 2.53 bits per heavy atom. The standard InChI is InChI=1S/C21H23N5O4S2/c1-21(2,17-12-31-20(25-17)26-32(28,29)15-8-9-15)19(27)23-14-6-4-13(5-7-14)16-10-22-11-18(24-16)30-3/h4-7,10-12,15H,8-9H2,1-3H3,(H,23,27)(H,25,26). The second-order valence-corrected chi connectivity index (χ2v) is 10.8. The summed E-state index contributed by atoms with van der Waals surface area (Å²) in [5.74, 6) is 0.164. The number of sulfonamides is 1. The van der Waals surface area contributed by atoms with Gasteiger partial charge in [0.25, 0.3) is 0 Å². The average Bonchev–Trinajstić information content (AvgIpc) is 3.54. The lowest BCUT2D eigenvalue weighted by molar-refractivity contribution is -0.120. The minimum Gasteiger partial charge on any atom is -0.480 e. The first-order chi connectivity index (χ1) is 15.2. The van der Waals surface area contributed by atoms with Crippen LogP contribution < -0.4 is 14.8 Å². The van der Waals surface area contributed by atoms with Crippen LogP contribution in [0, 0.1) is 0 Å². The molecule has 4 rings (SSSR count). The fourth-order valence-corrected chi connectivity index (χ4v) is 5.38. The number of rotatable bonds is 8. The minimum absolute atomic E-state index is 0.256. The van der Waals surface area contributed by atoms with Gasteiger partial charge in [0.1, 0.15) is 0 Å². The van der Waals surface area contributed by atoms with Crippen molar-refractivity contribution in [2.75, 3.05) is 17.1 Å². The van der Waals surface area contributed by atoms with Gasteiger partial charge in [-0.15, -0.1) is 11.3 Å². The monoisotopic (exact) mass is 473 g/mol. The van der Waals surface area contributed by atoms with Gasteiger partial charge in [-0.1, -0.05) is 12.1 Å². The Morgan fingerprint density at radius 2 is 1.88 bits per heavy atom. The largest absolute Gasteiger partial charge is 0.480 e. The van der Waals surface area contributed by atoms with Crippen molar-refractivity contribution in [3.8, 4) is 17.1 Å². The Kier molecular flexibility index (Phi) is 5.87. The first-order valence-corrected chi connectivity index (χ1v) is 12.4. The van der Waals surface area contributed by atoms with Gasteiger partial charge in [0.05, 0.1) is 41.6 Å². The van der Waals surface area contributed by atoms with Crippen LogP contribution in [0.3, 0.4) is 0 Å². The van der Waals surface area contributed by atoms with Crippen LogP contribution in [-0.2, 0) is 20.2 Å². The number of carbonyl (C=O) groups excluding carboxylic acids is 1. The van der Waals surface area contributed by atoms with E-state index in [2.05, 4.69) is 25.0 Å². The topological polar surface area (TPSA) is 123 Å². The van der Waals surface area contributed by atoms with E-state index in [0.29, 0.717) is 35.8 Å². The molecule has 1 fully saturated rings. The molecular formula is C21H23N5O4S2. The maximum absolute atomic E-state index is 13.0. The number of amides is 1. The van der Waals surface area contributed by atoms with E-state index in [1.54, 1.807) is 37.6 Å². The number of hydrogen-bond donors (Lipinski definition) is 2. The van der Waals surface area contributed by atoms with Crippen molar-refractivity contribution in [3.05, 3.63) is 47.7 Å². The highest BCUT2D eigenvalue weighted by Crippen LogP contribution is 2.33. The molecule has 11 heteroatoms. The molecule has 0 unspecified atom stereocenters. The molecule has 1 aromatic carbocycles. The number of ether oxygens (including phenoxy) is 1. The second kappa shape index (κ2) is 8.47. The van der Waals surface area contributed by atoms with Crippen molar-refractivity contribution >= 4 is 38.1 Å². The van der Waals surface area contributed by atoms with Gasteiger partial charge in [-0.2, -0.15) is 0 Å². The fourth-order valence-electron chi connectivity index (χ4n) is 2.90. The molecule has 0 aliphatic heterocycles. The second-order valence-electron chi connectivity index (χ2n) is 7.99. The zero-order chi connectivity index (χ0) is 22.9. The zero-order valence-electron chi connectivity index (χ0n) is 17.8. The van der Waals surface area contributed by atoms with E-state index in [0.717, 1.165) is 5.56 Å². The predicted octanol–water partition coefficient (Wildman–Crippen LogP) is 3.43. The van der Waals surface area contributed by atoms with Crippen LogP contribution in [0.25, 0.3) is 11.3 Å². The number of anilines is 2. The number of hydrogen-bond acceptors (Lipinski definition) is 8. The molecule has 32 heavy (non-hydrogen) atoms. The molecule has 9 nitrogen and oxygen atoms in total. The quantitative estimate of drug-likeness (QED) is 0.514. The highest BCUT2D eigenvalue weighted by atomic mass is 32.2. The van der Waals surface area contributed by atoms with Crippen LogP contribution in [0.5, 0.6) is 5.88 Å². The minimum atomic E-state index is -3.39. The van der Waals surface area contributed by atoms with Crippen LogP contribution >= 0.6 is 11.3 Å². The maximum Gasteiger partial charge on any atom is 0.237 e. The van der Waals surface area contributed by atoms with Crippen molar-refractivity contribution in [3.63, 3.8) is 0 Å². The number of benzene rings is 1. The molecule has 0 atom stereocenters. The van der Waals surface area contributed by atoms with Crippen LogP contribution in [-0.4, -0.2) is 41.6 Å². The molecule has 0 spiro atoms. The molecule has 3 aromatic rings. The summed E-state index contributed by atoms with van der Waals surface area (Å²) in [6.45, 7) is 3.49. The van der Waals surface area contributed by atoms with Gasteiger partial charge in [-0.05, 0) is 38.8 Å². The Bertz CT molecular complexity index is 1240. The van der Waals surface area contributed by atoms with Gasteiger partial charge in [-0.3, -0.25) is 14.5 Å². The molecule has 0 radical (unpaired) electrons. The molecule has 2 heterocycles. The number of methoxy groups -OCH3 is 1. The molecule has 168 valence electrons. The highest BCUT2D eigenvalue weighted by molar-refractivity contribution is 7.93. The van der Waals surface area contributed by atoms with Crippen LogP contribution in [0.2, 0.25) is 0 Å². The van der Waals surface area contributed by atoms with Crippen molar-refractivity contribution in [2.45, 2.75) is 37.4 Å². The first-order valence-electron chi connectivity index (χ1n) is 9.94. The normalized spacial score (nSPS) is 14.1. The van der Waals surface area contributed by atoms with Crippen LogP contribution in [0.1, 0.15) is 32.4 Å². The van der Waals surface area contributed by atoms with E-state index in [9.17, 15) is 13.2 Å². The Hall–Kier alpha value is -3.05. The average molecular weight is 474 g/mol. The molecule has 2 aromatic heterocycles. The third-order valence-electron chi connectivity index (χ3n) is 5.17. The zero-order valence-corrected chi connectivity index (χ0v) is 19.5. The Labute approximate surface area is 190 Å². The molecule has 0 bridgehead atoms. The summed E-state index contributed by atoms with van der Waals surface area (Å²) in [5, 5.41) is 4.54. The van der Waals surface area contributed by atoms with Gasteiger partial charge in [0.15, 0.2) is 5.13 Å². The van der Waals surface area contributed by atoms with E-state index in [4.69, 9.17) is 4.74 Å². The van der Waals surface area contributed by atoms with Gasteiger partial charge < -0.3 is 10.1 Å². The van der Waals surface area contributed by atoms with E-state index >= 15 is 0 Å². The Balaban J connectivity index is 1.44. The summed E-state index contributed by atoms with van der Waals surface area (Å²) in [5.41, 5.74) is 1.65. The SMILES string of the molecule is COc1cncc(-c2ccc(NC(=O)C(C)(C)c3csc(NS(=O)(=O)C4CC4)n3)cc2)n1. The maximum atomic E-state index is 13.0. The van der Waals surface area contributed by atoms with E-state index < -0.39 is 15.4 Å². The number of nitrogens with zero attached hydrogens (tertiary/aromatic N) is 3. The van der Waals surface area contributed by atoms with Gasteiger partial charge in [0.2, 0.25) is 21.8 Å². The van der Waals surface area contributed by atoms with Crippen molar-refractivity contribution in [1.82, 2.24) is 15.0 Å². The molecule has 1 amide bonds. The summed E-state index contributed by atoms with van der Waals surface area (Å²) >= 11 is 1.17. The van der Waals surface area contributed by atoms with E-state index in [1.807, 2.05) is 12.1 Å². The summed E-state index contributed by atoms with van der Waals surface area (Å²) in [7, 11) is -1.86. The lowest BCUT2D eigenvalue weighted by Crippen LogP contribution is -2.35. The molecule has 0 saturated heterocycles. The number of nitrogens with one attached hydrogen (secondary N) is 2. The number of carbonyl (C=O) groups is 1. The Morgan fingerprint density at radius 1 is 1.16 bits per heavy atom. The van der Waals surface area contributed by atoms with Crippen molar-refractivity contribution in [1.29, 1.82) is 0 Å². The third kappa shape index (κ3) is 4.73. The fraction of sp³-hybridized carbons (Fsp3) is 0.333. The molecule has 2 N–H and O–H groups in total.